The SMILES string of the molecule is Cc1cccc(C(CNC2CC2)OCC(F)(F)F)c1. The lowest BCUT2D eigenvalue weighted by molar-refractivity contribution is -0.185. The van der Waals surface area contributed by atoms with Gasteiger partial charge in [0.2, 0.25) is 0 Å². The Kier molecular flexibility index (Phi) is 4.47. The zero-order chi connectivity index (χ0) is 13.9. The number of benzene rings is 1. The Hall–Kier alpha value is -1.07. The first-order valence-corrected chi connectivity index (χ1v) is 6.42. The number of ether oxygens (including phenoxy) is 1. The van der Waals surface area contributed by atoms with Crippen molar-refractivity contribution >= 4 is 0 Å². The molecule has 1 unspecified atom stereocenters. The van der Waals surface area contributed by atoms with Gasteiger partial charge in [-0.15, -0.1) is 0 Å². The van der Waals surface area contributed by atoms with Crippen molar-refractivity contribution < 1.29 is 17.9 Å². The van der Waals surface area contributed by atoms with E-state index in [0.717, 1.165) is 24.0 Å². The van der Waals surface area contributed by atoms with Crippen molar-refractivity contribution in [1.29, 1.82) is 0 Å². The standard InChI is InChI=1S/C14H18F3NO/c1-10-3-2-4-11(7-10)13(8-18-12-5-6-12)19-9-14(15,16)17/h2-4,7,12-13,18H,5-6,8-9H2,1H3. The van der Waals surface area contributed by atoms with Crippen LogP contribution in [-0.2, 0) is 4.74 Å². The van der Waals surface area contributed by atoms with Gasteiger partial charge in [0.25, 0.3) is 0 Å². The van der Waals surface area contributed by atoms with Gasteiger partial charge in [-0.05, 0) is 25.3 Å². The van der Waals surface area contributed by atoms with Gasteiger partial charge in [0, 0.05) is 12.6 Å². The summed E-state index contributed by atoms with van der Waals surface area (Å²) in [6.07, 6.45) is -2.65. The third-order valence-electron chi connectivity index (χ3n) is 3.03. The predicted octanol–water partition coefficient (Wildman–Crippen LogP) is 3.37. The van der Waals surface area contributed by atoms with E-state index in [1.165, 1.54) is 0 Å². The first-order valence-electron chi connectivity index (χ1n) is 6.42. The van der Waals surface area contributed by atoms with E-state index in [4.69, 9.17) is 4.74 Å². The Morgan fingerprint density at radius 3 is 2.68 bits per heavy atom. The third kappa shape index (κ3) is 5.20. The van der Waals surface area contributed by atoms with Gasteiger partial charge < -0.3 is 10.1 Å². The summed E-state index contributed by atoms with van der Waals surface area (Å²) in [6, 6.07) is 7.88. The summed E-state index contributed by atoms with van der Waals surface area (Å²) < 4.78 is 41.9. The zero-order valence-electron chi connectivity index (χ0n) is 10.8. The molecule has 2 rings (SSSR count). The monoisotopic (exact) mass is 273 g/mol. The van der Waals surface area contributed by atoms with Crippen LogP contribution in [0.15, 0.2) is 24.3 Å². The van der Waals surface area contributed by atoms with Crippen LogP contribution in [0.2, 0.25) is 0 Å². The third-order valence-corrected chi connectivity index (χ3v) is 3.03. The molecular weight excluding hydrogens is 255 g/mol. The van der Waals surface area contributed by atoms with E-state index >= 15 is 0 Å². The van der Waals surface area contributed by atoms with Crippen LogP contribution in [0.25, 0.3) is 0 Å². The fraction of sp³-hybridized carbons (Fsp3) is 0.571. The van der Waals surface area contributed by atoms with E-state index in [-0.39, 0.29) is 0 Å². The van der Waals surface area contributed by atoms with Crippen LogP contribution in [-0.4, -0.2) is 25.4 Å². The van der Waals surface area contributed by atoms with Gasteiger partial charge in [-0.3, -0.25) is 0 Å². The average molecular weight is 273 g/mol. The van der Waals surface area contributed by atoms with Crippen molar-refractivity contribution in [2.75, 3.05) is 13.2 Å². The molecule has 0 radical (unpaired) electrons. The maximum absolute atomic E-state index is 12.3. The largest absolute Gasteiger partial charge is 0.411 e. The molecule has 19 heavy (non-hydrogen) atoms. The fourth-order valence-corrected chi connectivity index (χ4v) is 1.90. The highest BCUT2D eigenvalue weighted by molar-refractivity contribution is 5.24. The molecule has 2 nitrogen and oxygen atoms in total. The summed E-state index contributed by atoms with van der Waals surface area (Å²) in [5.74, 6) is 0. The van der Waals surface area contributed by atoms with Crippen LogP contribution in [0.5, 0.6) is 0 Å². The van der Waals surface area contributed by atoms with Crippen molar-refractivity contribution in [3.8, 4) is 0 Å². The van der Waals surface area contributed by atoms with E-state index in [9.17, 15) is 13.2 Å². The van der Waals surface area contributed by atoms with Gasteiger partial charge in [0.15, 0.2) is 0 Å². The van der Waals surface area contributed by atoms with Gasteiger partial charge in [-0.25, -0.2) is 0 Å². The molecule has 1 aromatic rings. The minimum Gasteiger partial charge on any atom is -0.363 e. The van der Waals surface area contributed by atoms with Crippen LogP contribution in [0.1, 0.15) is 30.1 Å². The Morgan fingerprint density at radius 2 is 2.11 bits per heavy atom. The molecule has 1 aromatic carbocycles. The summed E-state index contributed by atoms with van der Waals surface area (Å²) in [5, 5.41) is 3.22. The molecule has 0 aromatic heterocycles. The number of aryl methyl sites for hydroxylation is 1. The van der Waals surface area contributed by atoms with Crippen molar-refractivity contribution in [2.45, 2.75) is 38.1 Å². The topological polar surface area (TPSA) is 21.3 Å². The van der Waals surface area contributed by atoms with E-state index < -0.39 is 18.9 Å². The van der Waals surface area contributed by atoms with Gasteiger partial charge in [-0.2, -0.15) is 13.2 Å². The van der Waals surface area contributed by atoms with Crippen molar-refractivity contribution in [3.63, 3.8) is 0 Å². The molecule has 1 N–H and O–H groups in total. The first kappa shape index (κ1) is 14.3. The zero-order valence-corrected chi connectivity index (χ0v) is 10.8. The molecule has 1 aliphatic carbocycles. The number of hydrogen-bond donors (Lipinski definition) is 1. The summed E-state index contributed by atoms with van der Waals surface area (Å²) in [6.45, 7) is 1.13. The highest BCUT2D eigenvalue weighted by Gasteiger charge is 2.30. The Bertz CT molecular complexity index is 415. The Balaban J connectivity index is 1.99. The highest BCUT2D eigenvalue weighted by Crippen LogP contribution is 2.25. The maximum Gasteiger partial charge on any atom is 0.411 e. The lowest BCUT2D eigenvalue weighted by atomic mass is 10.1. The molecule has 0 saturated heterocycles. The van der Waals surface area contributed by atoms with Crippen LogP contribution in [0.4, 0.5) is 13.2 Å². The molecule has 0 spiro atoms. The highest BCUT2D eigenvalue weighted by atomic mass is 19.4. The normalized spacial score (nSPS) is 17.5. The maximum atomic E-state index is 12.3. The Morgan fingerprint density at radius 1 is 1.37 bits per heavy atom. The van der Waals surface area contributed by atoms with Crippen molar-refractivity contribution in [2.24, 2.45) is 0 Å². The lowest BCUT2D eigenvalue weighted by Crippen LogP contribution is -2.28. The van der Waals surface area contributed by atoms with Crippen LogP contribution < -0.4 is 5.32 Å². The minimum absolute atomic E-state index is 0.421. The molecule has 1 aliphatic rings. The van der Waals surface area contributed by atoms with Crippen LogP contribution in [0.3, 0.4) is 0 Å². The molecule has 0 amide bonds. The molecule has 1 saturated carbocycles. The minimum atomic E-state index is -4.29. The number of nitrogens with one attached hydrogen (secondary N) is 1. The summed E-state index contributed by atoms with van der Waals surface area (Å²) in [5.41, 5.74) is 1.81. The summed E-state index contributed by atoms with van der Waals surface area (Å²) in [4.78, 5) is 0. The molecule has 0 heterocycles. The molecule has 5 heteroatoms. The van der Waals surface area contributed by atoms with E-state index in [2.05, 4.69) is 5.32 Å². The van der Waals surface area contributed by atoms with Gasteiger partial charge in [0.1, 0.15) is 6.61 Å². The summed E-state index contributed by atoms with van der Waals surface area (Å²) >= 11 is 0. The molecule has 0 aliphatic heterocycles. The van der Waals surface area contributed by atoms with Gasteiger partial charge in [0.05, 0.1) is 6.10 Å². The molecule has 0 bridgehead atoms. The molecule has 106 valence electrons. The second kappa shape index (κ2) is 5.92. The molecular formula is C14H18F3NO. The first-order chi connectivity index (χ1) is 8.94. The van der Waals surface area contributed by atoms with Gasteiger partial charge >= 0.3 is 6.18 Å². The van der Waals surface area contributed by atoms with Crippen LogP contribution >= 0.6 is 0 Å². The average Bonchev–Trinajstić information content (AvgIpc) is 3.11. The smallest absolute Gasteiger partial charge is 0.363 e. The van der Waals surface area contributed by atoms with E-state index in [1.54, 1.807) is 0 Å². The van der Waals surface area contributed by atoms with Gasteiger partial charge in [-0.1, -0.05) is 29.8 Å². The summed E-state index contributed by atoms with van der Waals surface area (Å²) in [7, 11) is 0. The predicted molar refractivity (Wildman–Crippen MR) is 67.0 cm³/mol. The van der Waals surface area contributed by atoms with Crippen molar-refractivity contribution in [1.82, 2.24) is 5.32 Å². The van der Waals surface area contributed by atoms with E-state index in [0.29, 0.717) is 12.6 Å². The second-order valence-electron chi connectivity index (χ2n) is 5.01. The molecule has 1 fully saturated rings. The molecule has 1 atom stereocenters. The fourth-order valence-electron chi connectivity index (χ4n) is 1.90. The second-order valence-corrected chi connectivity index (χ2v) is 5.01. The van der Waals surface area contributed by atoms with E-state index in [1.807, 2.05) is 31.2 Å². The Labute approximate surface area is 111 Å². The van der Waals surface area contributed by atoms with Crippen LogP contribution in [0, 0.1) is 6.92 Å². The lowest BCUT2D eigenvalue weighted by Gasteiger charge is -2.20. The number of halogens is 3. The quantitative estimate of drug-likeness (QED) is 0.858. The number of rotatable bonds is 6. The van der Waals surface area contributed by atoms with Crippen molar-refractivity contribution in [3.05, 3.63) is 35.4 Å². The number of alkyl halides is 3. The number of hydrogen-bond acceptors (Lipinski definition) is 2.